The van der Waals surface area contributed by atoms with E-state index in [-0.39, 0.29) is 36.8 Å². The lowest BCUT2D eigenvalue weighted by Gasteiger charge is -2.10. The Kier molecular flexibility index (Phi) is 6.59. The summed E-state index contributed by atoms with van der Waals surface area (Å²) in [6, 6.07) is 9.45. The highest BCUT2D eigenvalue weighted by atomic mass is 32.1. The molecule has 0 unspecified atom stereocenters. The van der Waals surface area contributed by atoms with Gasteiger partial charge in [-0.25, -0.2) is 14.6 Å². The Labute approximate surface area is 192 Å². The van der Waals surface area contributed by atoms with Gasteiger partial charge in [0, 0.05) is 18.3 Å². The molecule has 0 saturated heterocycles. The molecule has 0 aliphatic rings. The summed E-state index contributed by atoms with van der Waals surface area (Å²) in [5.74, 6) is -0.170. The molecular formula is C22H22N6O4S. The Morgan fingerprint density at radius 1 is 1.18 bits per heavy atom. The molecule has 0 atom stereocenters. The zero-order valence-electron chi connectivity index (χ0n) is 18.1. The predicted molar refractivity (Wildman–Crippen MR) is 124 cm³/mol. The number of esters is 1. The quantitative estimate of drug-likeness (QED) is 0.396. The summed E-state index contributed by atoms with van der Waals surface area (Å²) < 4.78 is 7.98. The molecule has 0 bridgehead atoms. The maximum absolute atomic E-state index is 13.0. The minimum absolute atomic E-state index is 0.0527. The Hall–Kier alpha value is -3.86. The molecule has 4 aromatic rings. The van der Waals surface area contributed by atoms with Crippen molar-refractivity contribution in [3.8, 4) is 5.69 Å². The van der Waals surface area contributed by atoms with Crippen LogP contribution < -0.4 is 10.9 Å². The molecule has 33 heavy (non-hydrogen) atoms. The number of nitrogens with zero attached hydrogens (tertiary/aromatic N) is 5. The van der Waals surface area contributed by atoms with Gasteiger partial charge in [-0.05, 0) is 26.0 Å². The van der Waals surface area contributed by atoms with Crippen molar-refractivity contribution in [3.05, 3.63) is 63.8 Å². The van der Waals surface area contributed by atoms with Gasteiger partial charge in [0.2, 0.25) is 5.91 Å². The van der Waals surface area contributed by atoms with Crippen molar-refractivity contribution in [3.63, 3.8) is 0 Å². The van der Waals surface area contributed by atoms with E-state index in [1.54, 1.807) is 23.9 Å². The number of aryl methyl sites for hydroxylation is 1. The van der Waals surface area contributed by atoms with Crippen LogP contribution in [0, 0.1) is 6.92 Å². The first kappa shape index (κ1) is 22.3. The first-order valence-corrected chi connectivity index (χ1v) is 11.2. The number of rotatable bonds is 8. The number of carbonyl (C=O) groups excluding carboxylic acids is 2. The second kappa shape index (κ2) is 9.74. The minimum Gasteiger partial charge on any atom is -0.466 e. The third-order valence-electron chi connectivity index (χ3n) is 4.87. The van der Waals surface area contributed by atoms with Gasteiger partial charge in [0.05, 0.1) is 30.6 Å². The van der Waals surface area contributed by atoms with Gasteiger partial charge in [-0.1, -0.05) is 18.2 Å². The molecule has 1 amide bonds. The third kappa shape index (κ3) is 4.98. The zero-order valence-corrected chi connectivity index (χ0v) is 19.0. The molecule has 10 nitrogen and oxygen atoms in total. The molecular weight excluding hydrogens is 444 g/mol. The van der Waals surface area contributed by atoms with Gasteiger partial charge in [0.15, 0.2) is 10.8 Å². The van der Waals surface area contributed by atoms with Crippen molar-refractivity contribution in [2.24, 2.45) is 0 Å². The lowest BCUT2D eigenvalue weighted by atomic mass is 10.3. The number of benzene rings is 1. The van der Waals surface area contributed by atoms with Gasteiger partial charge >= 0.3 is 5.97 Å². The molecule has 4 rings (SSSR count). The summed E-state index contributed by atoms with van der Waals surface area (Å²) in [6.07, 6.45) is 1.61. The average Bonchev–Trinajstić information content (AvgIpc) is 3.41. The van der Waals surface area contributed by atoms with Gasteiger partial charge in [-0.3, -0.25) is 19.0 Å². The maximum Gasteiger partial charge on any atom is 0.311 e. The van der Waals surface area contributed by atoms with Crippen LogP contribution in [0.2, 0.25) is 0 Å². The third-order valence-corrected chi connectivity index (χ3v) is 5.68. The van der Waals surface area contributed by atoms with E-state index in [4.69, 9.17) is 4.74 Å². The van der Waals surface area contributed by atoms with Gasteiger partial charge in [-0.2, -0.15) is 5.10 Å². The first-order valence-electron chi connectivity index (χ1n) is 10.4. The number of anilines is 1. The summed E-state index contributed by atoms with van der Waals surface area (Å²) in [6.45, 7) is 3.93. The molecule has 3 heterocycles. The fraction of sp³-hybridized carbons (Fsp3) is 0.273. The lowest BCUT2D eigenvalue weighted by molar-refractivity contribution is -0.142. The molecule has 1 aromatic carbocycles. The predicted octanol–water partition coefficient (Wildman–Crippen LogP) is 2.48. The standard InChI is InChI=1S/C22H22N6O4S/c1-3-32-19(30)11-15-13-33-22(25-15)26-18(29)9-10-27-14(2)24-20-17(21(27)31)12-23-28(20)16-7-5-4-6-8-16/h4-8,12-13H,3,9-11H2,1-2H3,(H,25,26,29). The van der Waals surface area contributed by atoms with E-state index in [2.05, 4.69) is 20.4 Å². The Balaban J connectivity index is 1.44. The molecule has 170 valence electrons. The number of aromatic nitrogens is 5. The number of ether oxygens (including phenoxy) is 1. The van der Waals surface area contributed by atoms with Crippen LogP contribution in [0.3, 0.4) is 0 Å². The van der Waals surface area contributed by atoms with E-state index in [0.29, 0.717) is 34.3 Å². The van der Waals surface area contributed by atoms with Gasteiger partial charge in [-0.15, -0.1) is 11.3 Å². The minimum atomic E-state index is -0.367. The number of hydrogen-bond acceptors (Lipinski definition) is 8. The number of nitrogens with one attached hydrogen (secondary N) is 1. The molecule has 0 spiro atoms. The van der Waals surface area contributed by atoms with Crippen LogP contribution in [0.1, 0.15) is 24.9 Å². The highest BCUT2D eigenvalue weighted by Gasteiger charge is 2.16. The van der Waals surface area contributed by atoms with E-state index in [9.17, 15) is 14.4 Å². The van der Waals surface area contributed by atoms with Crippen molar-refractivity contribution in [1.82, 2.24) is 24.3 Å². The van der Waals surface area contributed by atoms with E-state index in [0.717, 1.165) is 5.69 Å². The SMILES string of the molecule is CCOC(=O)Cc1csc(NC(=O)CCn2c(C)nc3c(cnn3-c3ccccc3)c2=O)n1. The summed E-state index contributed by atoms with van der Waals surface area (Å²) >= 11 is 1.23. The molecule has 0 aliphatic carbocycles. The van der Waals surface area contributed by atoms with Crippen molar-refractivity contribution in [1.29, 1.82) is 0 Å². The topological polar surface area (TPSA) is 121 Å². The molecule has 11 heteroatoms. The molecule has 3 aromatic heterocycles. The number of hydrogen-bond donors (Lipinski definition) is 1. The zero-order chi connectivity index (χ0) is 23.4. The lowest BCUT2D eigenvalue weighted by Crippen LogP contribution is -2.26. The second-order valence-corrected chi connectivity index (χ2v) is 8.03. The van der Waals surface area contributed by atoms with Crippen molar-refractivity contribution in [2.75, 3.05) is 11.9 Å². The van der Waals surface area contributed by atoms with E-state index < -0.39 is 0 Å². The van der Waals surface area contributed by atoms with Crippen LogP contribution in [-0.4, -0.2) is 42.8 Å². The monoisotopic (exact) mass is 466 g/mol. The summed E-state index contributed by atoms with van der Waals surface area (Å²) in [5.41, 5.74) is 1.56. The largest absolute Gasteiger partial charge is 0.466 e. The fourth-order valence-electron chi connectivity index (χ4n) is 3.33. The van der Waals surface area contributed by atoms with Crippen LogP contribution in [0.25, 0.3) is 16.7 Å². The van der Waals surface area contributed by atoms with E-state index in [1.165, 1.54) is 22.1 Å². The van der Waals surface area contributed by atoms with Gasteiger partial charge in [0.25, 0.3) is 5.56 Å². The smallest absolute Gasteiger partial charge is 0.311 e. The Morgan fingerprint density at radius 2 is 1.97 bits per heavy atom. The number of carbonyl (C=O) groups is 2. The maximum atomic E-state index is 13.0. The van der Waals surface area contributed by atoms with Crippen LogP contribution in [0.15, 0.2) is 46.7 Å². The first-order chi connectivity index (χ1) is 16.0. The molecule has 0 radical (unpaired) electrons. The molecule has 0 fully saturated rings. The van der Waals surface area contributed by atoms with E-state index in [1.807, 2.05) is 30.3 Å². The Bertz CT molecular complexity index is 1360. The van der Waals surface area contributed by atoms with Gasteiger partial charge in [0.1, 0.15) is 11.2 Å². The number of para-hydroxylation sites is 1. The summed E-state index contributed by atoms with van der Waals surface area (Å²) in [5, 5.41) is 9.49. The van der Waals surface area contributed by atoms with Crippen LogP contribution in [-0.2, 0) is 27.3 Å². The van der Waals surface area contributed by atoms with Crippen LogP contribution in [0.5, 0.6) is 0 Å². The summed E-state index contributed by atoms with van der Waals surface area (Å²) in [4.78, 5) is 45.8. The highest BCUT2D eigenvalue weighted by Crippen LogP contribution is 2.17. The molecule has 1 N–H and O–H groups in total. The van der Waals surface area contributed by atoms with Crippen LogP contribution >= 0.6 is 11.3 Å². The second-order valence-electron chi connectivity index (χ2n) is 7.17. The highest BCUT2D eigenvalue weighted by molar-refractivity contribution is 7.13. The average molecular weight is 467 g/mol. The van der Waals surface area contributed by atoms with Crippen molar-refractivity contribution >= 4 is 39.4 Å². The molecule has 0 aliphatic heterocycles. The normalized spacial score (nSPS) is 11.0. The summed E-state index contributed by atoms with van der Waals surface area (Å²) in [7, 11) is 0. The molecule has 0 saturated carbocycles. The van der Waals surface area contributed by atoms with Crippen molar-refractivity contribution in [2.45, 2.75) is 33.2 Å². The number of amides is 1. The van der Waals surface area contributed by atoms with Crippen molar-refractivity contribution < 1.29 is 14.3 Å². The van der Waals surface area contributed by atoms with Crippen LogP contribution in [0.4, 0.5) is 5.13 Å². The van der Waals surface area contributed by atoms with Gasteiger partial charge < -0.3 is 10.1 Å². The number of thiazole rings is 1. The van der Waals surface area contributed by atoms with E-state index >= 15 is 0 Å². The fourth-order valence-corrected chi connectivity index (χ4v) is 4.05. The Morgan fingerprint density at radius 3 is 2.73 bits per heavy atom. The number of fused-ring (bicyclic) bond motifs is 1.